The zero-order valence-electron chi connectivity index (χ0n) is 12.7. The van der Waals surface area contributed by atoms with Gasteiger partial charge in [-0.3, -0.25) is 0 Å². The molecule has 3 aromatic rings. The number of rotatable bonds is 5. The van der Waals surface area contributed by atoms with Crippen LogP contribution in [0.15, 0.2) is 67.0 Å². The molecule has 1 atom stereocenters. The molecule has 0 saturated carbocycles. The molecule has 0 fully saturated rings. The largest absolute Gasteiger partial charge is 0.373 e. The molecule has 23 heavy (non-hydrogen) atoms. The fourth-order valence-corrected chi connectivity index (χ4v) is 2.79. The average Bonchev–Trinajstić information content (AvgIpc) is 3.05. The second-order valence-corrected chi connectivity index (χ2v) is 5.66. The van der Waals surface area contributed by atoms with Crippen molar-refractivity contribution in [1.82, 2.24) is 9.55 Å². The Balaban J connectivity index is 2.21. The summed E-state index contributed by atoms with van der Waals surface area (Å²) < 4.78 is 6.98. The zero-order valence-corrected chi connectivity index (χ0v) is 13.4. The summed E-state index contributed by atoms with van der Waals surface area (Å²) in [5, 5.41) is 12.2. The molecule has 5 heteroatoms. The SMILES string of the molecule is COCn1ccnc1C(O)(c1ccccc1)c1ccc(Cl)cc1. The number of halogens is 1. The Bertz CT molecular complexity index is 771. The van der Waals surface area contributed by atoms with Crippen LogP contribution >= 0.6 is 11.6 Å². The molecular weight excluding hydrogens is 312 g/mol. The lowest BCUT2D eigenvalue weighted by Gasteiger charge is -2.29. The summed E-state index contributed by atoms with van der Waals surface area (Å²) in [5.74, 6) is 0.493. The van der Waals surface area contributed by atoms with E-state index in [9.17, 15) is 5.11 Å². The van der Waals surface area contributed by atoms with Crippen LogP contribution in [0.1, 0.15) is 17.0 Å². The molecule has 2 aromatic carbocycles. The number of nitrogens with zero attached hydrogens (tertiary/aromatic N) is 2. The first kappa shape index (κ1) is 15.7. The smallest absolute Gasteiger partial charge is 0.173 e. The van der Waals surface area contributed by atoms with E-state index in [1.807, 2.05) is 30.3 Å². The molecule has 1 unspecified atom stereocenters. The van der Waals surface area contributed by atoms with Gasteiger partial charge in [0.1, 0.15) is 6.73 Å². The molecule has 4 nitrogen and oxygen atoms in total. The fourth-order valence-electron chi connectivity index (χ4n) is 2.67. The van der Waals surface area contributed by atoms with Gasteiger partial charge in [-0.2, -0.15) is 0 Å². The Hall–Kier alpha value is -2.14. The van der Waals surface area contributed by atoms with E-state index in [1.165, 1.54) is 0 Å². The topological polar surface area (TPSA) is 47.3 Å². The molecule has 0 aliphatic carbocycles. The lowest BCUT2D eigenvalue weighted by atomic mass is 9.85. The van der Waals surface area contributed by atoms with Gasteiger partial charge in [0.2, 0.25) is 0 Å². The van der Waals surface area contributed by atoms with Crippen molar-refractivity contribution in [2.24, 2.45) is 0 Å². The van der Waals surface area contributed by atoms with E-state index >= 15 is 0 Å². The minimum atomic E-state index is -1.39. The van der Waals surface area contributed by atoms with E-state index in [1.54, 1.807) is 48.3 Å². The number of benzene rings is 2. The first-order valence-corrected chi connectivity index (χ1v) is 7.58. The van der Waals surface area contributed by atoms with Gasteiger partial charge in [0.05, 0.1) is 0 Å². The molecule has 118 valence electrons. The summed E-state index contributed by atoms with van der Waals surface area (Å²) in [4.78, 5) is 4.38. The third-order valence-corrected chi connectivity index (χ3v) is 4.01. The van der Waals surface area contributed by atoms with E-state index in [0.717, 1.165) is 5.56 Å². The van der Waals surface area contributed by atoms with E-state index in [2.05, 4.69) is 4.98 Å². The van der Waals surface area contributed by atoms with E-state index in [0.29, 0.717) is 23.1 Å². The molecule has 1 N–H and O–H groups in total. The normalized spacial score (nSPS) is 13.7. The Morgan fingerprint density at radius 1 is 1.09 bits per heavy atom. The second-order valence-electron chi connectivity index (χ2n) is 5.22. The molecule has 0 aliphatic rings. The molecular formula is C18H17ClN2O2. The van der Waals surface area contributed by atoms with E-state index in [-0.39, 0.29) is 0 Å². The van der Waals surface area contributed by atoms with Gasteiger partial charge in [-0.05, 0) is 23.3 Å². The standard InChI is InChI=1S/C18H17ClN2O2/c1-23-13-21-12-11-20-17(21)18(22,14-5-3-2-4-6-14)15-7-9-16(19)10-8-15/h2-12,22H,13H2,1H3. The molecule has 3 rings (SSSR count). The fraction of sp³-hybridized carbons (Fsp3) is 0.167. The van der Waals surface area contributed by atoms with Crippen LogP contribution in [0.4, 0.5) is 0 Å². The van der Waals surface area contributed by atoms with Gasteiger partial charge in [0, 0.05) is 24.5 Å². The van der Waals surface area contributed by atoms with Crippen molar-refractivity contribution in [1.29, 1.82) is 0 Å². The van der Waals surface area contributed by atoms with Gasteiger partial charge < -0.3 is 14.4 Å². The molecule has 0 spiro atoms. The predicted octanol–water partition coefficient (Wildman–Crippen LogP) is 3.42. The first-order chi connectivity index (χ1) is 11.2. The third-order valence-electron chi connectivity index (χ3n) is 3.76. The summed E-state index contributed by atoms with van der Waals surface area (Å²) in [6, 6.07) is 16.6. The highest BCUT2D eigenvalue weighted by atomic mass is 35.5. The highest BCUT2D eigenvalue weighted by Crippen LogP contribution is 2.36. The number of ether oxygens (including phenoxy) is 1. The van der Waals surface area contributed by atoms with E-state index < -0.39 is 5.60 Å². The van der Waals surface area contributed by atoms with Gasteiger partial charge in [-0.25, -0.2) is 4.98 Å². The maximum Gasteiger partial charge on any atom is 0.173 e. The Labute approximate surface area is 139 Å². The highest BCUT2D eigenvalue weighted by Gasteiger charge is 2.37. The van der Waals surface area contributed by atoms with Crippen LogP contribution in [0.2, 0.25) is 5.02 Å². The predicted molar refractivity (Wildman–Crippen MR) is 89.2 cm³/mol. The van der Waals surface area contributed by atoms with Crippen LogP contribution in [0.5, 0.6) is 0 Å². The minimum absolute atomic E-state index is 0.304. The van der Waals surface area contributed by atoms with Crippen LogP contribution in [-0.2, 0) is 17.1 Å². The van der Waals surface area contributed by atoms with Crippen LogP contribution in [0.3, 0.4) is 0 Å². The number of aliphatic hydroxyl groups is 1. The number of hydrogen-bond donors (Lipinski definition) is 1. The lowest BCUT2D eigenvalue weighted by Crippen LogP contribution is -2.32. The average molecular weight is 329 g/mol. The van der Waals surface area contributed by atoms with Crippen molar-refractivity contribution in [2.75, 3.05) is 7.11 Å². The first-order valence-electron chi connectivity index (χ1n) is 7.20. The van der Waals surface area contributed by atoms with Crippen LogP contribution in [-0.4, -0.2) is 21.8 Å². The van der Waals surface area contributed by atoms with Crippen molar-refractivity contribution in [3.05, 3.63) is 89.0 Å². The van der Waals surface area contributed by atoms with Crippen molar-refractivity contribution >= 4 is 11.6 Å². The van der Waals surface area contributed by atoms with Crippen molar-refractivity contribution in [3.63, 3.8) is 0 Å². The van der Waals surface area contributed by atoms with Gasteiger partial charge >= 0.3 is 0 Å². The minimum Gasteiger partial charge on any atom is -0.373 e. The lowest BCUT2D eigenvalue weighted by molar-refractivity contribution is 0.0846. The van der Waals surface area contributed by atoms with Gasteiger partial charge in [0.15, 0.2) is 11.4 Å². The maximum atomic E-state index is 11.6. The summed E-state index contributed by atoms with van der Waals surface area (Å²) in [6.45, 7) is 0.304. The van der Waals surface area contributed by atoms with Gasteiger partial charge in [-0.15, -0.1) is 0 Å². The van der Waals surface area contributed by atoms with Crippen LogP contribution < -0.4 is 0 Å². The van der Waals surface area contributed by atoms with E-state index in [4.69, 9.17) is 16.3 Å². The van der Waals surface area contributed by atoms with Crippen molar-refractivity contribution in [3.8, 4) is 0 Å². The third kappa shape index (κ3) is 2.88. The van der Waals surface area contributed by atoms with Gasteiger partial charge in [-0.1, -0.05) is 54.1 Å². The number of aromatic nitrogens is 2. The summed E-state index contributed by atoms with van der Waals surface area (Å²) in [6.07, 6.45) is 3.43. The number of imidazole rings is 1. The number of methoxy groups -OCH3 is 1. The molecule has 0 bridgehead atoms. The monoisotopic (exact) mass is 328 g/mol. The molecule has 0 radical (unpaired) electrons. The quantitative estimate of drug-likeness (QED) is 0.780. The molecule has 0 saturated heterocycles. The highest BCUT2D eigenvalue weighted by molar-refractivity contribution is 6.30. The Morgan fingerprint density at radius 3 is 2.39 bits per heavy atom. The van der Waals surface area contributed by atoms with Crippen LogP contribution in [0.25, 0.3) is 0 Å². The second kappa shape index (κ2) is 6.54. The summed E-state index contributed by atoms with van der Waals surface area (Å²) >= 11 is 5.99. The number of hydrogen-bond acceptors (Lipinski definition) is 3. The molecule has 0 aliphatic heterocycles. The van der Waals surface area contributed by atoms with Gasteiger partial charge in [0.25, 0.3) is 0 Å². The summed E-state index contributed by atoms with van der Waals surface area (Å²) in [5.41, 5.74) is 0.0240. The Kier molecular flexibility index (Phi) is 4.48. The maximum absolute atomic E-state index is 11.6. The summed E-state index contributed by atoms with van der Waals surface area (Å²) in [7, 11) is 1.60. The zero-order chi connectivity index (χ0) is 16.3. The van der Waals surface area contributed by atoms with Crippen molar-refractivity contribution in [2.45, 2.75) is 12.3 Å². The molecule has 1 aromatic heterocycles. The Morgan fingerprint density at radius 2 is 1.74 bits per heavy atom. The molecule has 0 amide bonds. The van der Waals surface area contributed by atoms with Crippen LogP contribution in [0, 0.1) is 0 Å². The van der Waals surface area contributed by atoms with Crippen molar-refractivity contribution < 1.29 is 9.84 Å². The molecule has 1 heterocycles.